The van der Waals surface area contributed by atoms with Gasteiger partial charge in [0.05, 0.1) is 6.04 Å². The number of likely N-dealkylation sites (tertiary alicyclic amines) is 1. The number of nitrogens with zero attached hydrogens (tertiary/aromatic N) is 1. The zero-order valence-electron chi connectivity index (χ0n) is 11.7. The Balaban J connectivity index is 1.82. The molecule has 1 heterocycles. The van der Waals surface area contributed by atoms with Crippen LogP contribution in [0.1, 0.15) is 46.0 Å². The van der Waals surface area contributed by atoms with Crippen LogP contribution in [0.15, 0.2) is 0 Å². The van der Waals surface area contributed by atoms with Crippen LogP contribution in [0.4, 0.5) is 0 Å². The summed E-state index contributed by atoms with van der Waals surface area (Å²) in [6.07, 6.45) is 5.82. The molecule has 1 saturated carbocycles. The first kappa shape index (κ1) is 13.8. The first-order valence-corrected chi connectivity index (χ1v) is 7.38. The molecule has 3 N–H and O–H groups in total. The van der Waals surface area contributed by atoms with E-state index in [1.54, 1.807) is 0 Å². The molecule has 1 saturated heterocycles. The Labute approximate surface area is 110 Å². The number of amides is 1. The fraction of sp³-hybridized carbons (Fsp3) is 0.929. The van der Waals surface area contributed by atoms with E-state index in [9.17, 15) is 4.79 Å². The molecule has 104 valence electrons. The summed E-state index contributed by atoms with van der Waals surface area (Å²) in [5.74, 6) is 0.685. The van der Waals surface area contributed by atoms with Gasteiger partial charge in [0.2, 0.25) is 5.91 Å². The summed E-state index contributed by atoms with van der Waals surface area (Å²) in [5, 5.41) is 3.19. The van der Waals surface area contributed by atoms with Gasteiger partial charge in [0.1, 0.15) is 0 Å². The minimum absolute atomic E-state index is 0.0134. The molecule has 0 spiro atoms. The number of carbonyl (C=O) groups is 1. The smallest absolute Gasteiger partial charge is 0.237 e. The SMILES string of the molecule is CC1CN(C(C)C(=O)NC2CCCC2)CCC1N. The molecule has 3 unspecified atom stereocenters. The number of hydrogen-bond acceptors (Lipinski definition) is 3. The van der Waals surface area contributed by atoms with Gasteiger partial charge in [-0.25, -0.2) is 0 Å². The van der Waals surface area contributed by atoms with Gasteiger partial charge in [-0.3, -0.25) is 9.69 Å². The third kappa shape index (κ3) is 3.23. The standard InChI is InChI=1S/C14H27N3O/c1-10-9-17(8-7-13(10)15)11(2)14(18)16-12-5-3-4-6-12/h10-13H,3-9,15H2,1-2H3,(H,16,18). The van der Waals surface area contributed by atoms with Crippen LogP contribution in [0.3, 0.4) is 0 Å². The van der Waals surface area contributed by atoms with Crippen molar-refractivity contribution in [2.24, 2.45) is 11.7 Å². The normalized spacial score (nSPS) is 32.4. The van der Waals surface area contributed by atoms with E-state index in [1.165, 1.54) is 12.8 Å². The van der Waals surface area contributed by atoms with Crippen molar-refractivity contribution in [3.8, 4) is 0 Å². The Kier molecular flexibility index (Phi) is 4.62. The highest BCUT2D eigenvalue weighted by atomic mass is 16.2. The maximum absolute atomic E-state index is 12.2. The molecule has 2 aliphatic rings. The van der Waals surface area contributed by atoms with Crippen LogP contribution in [-0.4, -0.2) is 42.0 Å². The molecule has 1 amide bonds. The highest BCUT2D eigenvalue weighted by molar-refractivity contribution is 5.81. The van der Waals surface area contributed by atoms with Crippen molar-refractivity contribution in [3.05, 3.63) is 0 Å². The fourth-order valence-corrected chi connectivity index (χ4v) is 3.11. The molecule has 0 radical (unpaired) electrons. The number of carbonyl (C=O) groups excluding carboxylic acids is 1. The summed E-state index contributed by atoms with van der Waals surface area (Å²) in [6, 6.07) is 0.705. The van der Waals surface area contributed by atoms with Crippen LogP contribution in [0.5, 0.6) is 0 Å². The summed E-state index contributed by atoms with van der Waals surface area (Å²) in [5.41, 5.74) is 6.02. The minimum Gasteiger partial charge on any atom is -0.352 e. The molecule has 0 aromatic rings. The molecule has 2 rings (SSSR count). The molecule has 1 aliphatic heterocycles. The van der Waals surface area contributed by atoms with Gasteiger partial charge in [0.25, 0.3) is 0 Å². The number of hydrogen-bond donors (Lipinski definition) is 2. The summed E-state index contributed by atoms with van der Waals surface area (Å²) in [6.45, 7) is 6.09. The second kappa shape index (κ2) is 6.02. The van der Waals surface area contributed by atoms with E-state index >= 15 is 0 Å². The van der Waals surface area contributed by atoms with Gasteiger partial charge in [0, 0.05) is 25.2 Å². The summed E-state index contributed by atoms with van der Waals surface area (Å²) < 4.78 is 0. The van der Waals surface area contributed by atoms with E-state index < -0.39 is 0 Å². The van der Waals surface area contributed by atoms with Crippen molar-refractivity contribution >= 4 is 5.91 Å². The van der Waals surface area contributed by atoms with E-state index in [-0.39, 0.29) is 11.9 Å². The van der Waals surface area contributed by atoms with E-state index in [4.69, 9.17) is 5.73 Å². The van der Waals surface area contributed by atoms with Crippen molar-refractivity contribution in [2.75, 3.05) is 13.1 Å². The minimum atomic E-state index is -0.0134. The lowest BCUT2D eigenvalue weighted by Crippen LogP contribution is -2.54. The Hall–Kier alpha value is -0.610. The highest BCUT2D eigenvalue weighted by Gasteiger charge is 2.30. The summed E-state index contributed by atoms with van der Waals surface area (Å²) >= 11 is 0. The zero-order chi connectivity index (χ0) is 13.1. The van der Waals surface area contributed by atoms with Crippen molar-refractivity contribution < 1.29 is 4.79 Å². The third-order valence-electron chi connectivity index (χ3n) is 4.63. The van der Waals surface area contributed by atoms with Gasteiger partial charge in [-0.2, -0.15) is 0 Å². The molecule has 0 aromatic heterocycles. The first-order chi connectivity index (χ1) is 8.58. The van der Waals surface area contributed by atoms with Crippen LogP contribution in [0, 0.1) is 5.92 Å². The van der Waals surface area contributed by atoms with Crippen LogP contribution in [-0.2, 0) is 4.79 Å². The predicted octanol–water partition coefficient (Wildman–Crippen LogP) is 1.10. The second-order valence-corrected chi connectivity index (χ2v) is 6.09. The van der Waals surface area contributed by atoms with Crippen LogP contribution in [0.2, 0.25) is 0 Å². The molecule has 3 atom stereocenters. The molecule has 4 nitrogen and oxygen atoms in total. The number of nitrogens with one attached hydrogen (secondary N) is 1. The van der Waals surface area contributed by atoms with Crippen LogP contribution < -0.4 is 11.1 Å². The molecule has 18 heavy (non-hydrogen) atoms. The van der Waals surface area contributed by atoms with E-state index in [0.29, 0.717) is 18.0 Å². The van der Waals surface area contributed by atoms with Gasteiger partial charge in [0.15, 0.2) is 0 Å². The van der Waals surface area contributed by atoms with E-state index in [1.807, 2.05) is 6.92 Å². The lowest BCUT2D eigenvalue weighted by atomic mass is 9.94. The van der Waals surface area contributed by atoms with Gasteiger partial charge in [-0.15, -0.1) is 0 Å². The zero-order valence-corrected chi connectivity index (χ0v) is 11.7. The lowest BCUT2D eigenvalue weighted by molar-refractivity contribution is -0.127. The average Bonchev–Trinajstić information content (AvgIpc) is 2.84. The lowest BCUT2D eigenvalue weighted by Gasteiger charge is -2.38. The molecule has 2 fully saturated rings. The number of nitrogens with two attached hydrogens (primary N) is 1. The molecule has 0 aromatic carbocycles. The van der Waals surface area contributed by atoms with Crippen molar-refractivity contribution in [1.82, 2.24) is 10.2 Å². The second-order valence-electron chi connectivity index (χ2n) is 6.09. The Morgan fingerprint density at radius 2 is 2.00 bits per heavy atom. The highest BCUT2D eigenvalue weighted by Crippen LogP contribution is 2.20. The summed E-state index contributed by atoms with van der Waals surface area (Å²) in [7, 11) is 0. The first-order valence-electron chi connectivity index (χ1n) is 7.38. The molecular weight excluding hydrogens is 226 g/mol. The number of piperidine rings is 1. The van der Waals surface area contributed by atoms with Crippen LogP contribution >= 0.6 is 0 Å². The van der Waals surface area contributed by atoms with Gasteiger partial charge >= 0.3 is 0 Å². The van der Waals surface area contributed by atoms with E-state index in [2.05, 4.69) is 17.1 Å². The topological polar surface area (TPSA) is 58.4 Å². The van der Waals surface area contributed by atoms with Gasteiger partial charge < -0.3 is 11.1 Å². The van der Waals surface area contributed by atoms with E-state index in [0.717, 1.165) is 32.4 Å². The maximum Gasteiger partial charge on any atom is 0.237 e. The van der Waals surface area contributed by atoms with Crippen molar-refractivity contribution in [2.45, 2.75) is 64.1 Å². The van der Waals surface area contributed by atoms with Crippen LogP contribution in [0.25, 0.3) is 0 Å². The predicted molar refractivity (Wildman–Crippen MR) is 73.2 cm³/mol. The molecule has 4 heteroatoms. The van der Waals surface area contributed by atoms with Crippen molar-refractivity contribution in [3.63, 3.8) is 0 Å². The third-order valence-corrected chi connectivity index (χ3v) is 4.63. The van der Waals surface area contributed by atoms with Crippen molar-refractivity contribution in [1.29, 1.82) is 0 Å². The Morgan fingerprint density at radius 1 is 1.33 bits per heavy atom. The summed E-state index contributed by atoms with van der Waals surface area (Å²) in [4.78, 5) is 14.5. The van der Waals surface area contributed by atoms with Gasteiger partial charge in [-0.1, -0.05) is 19.8 Å². The molecule has 0 bridgehead atoms. The fourth-order valence-electron chi connectivity index (χ4n) is 3.11. The molecule has 1 aliphatic carbocycles. The monoisotopic (exact) mass is 253 g/mol. The largest absolute Gasteiger partial charge is 0.352 e. The Morgan fingerprint density at radius 3 is 2.61 bits per heavy atom. The average molecular weight is 253 g/mol. The number of rotatable bonds is 3. The quantitative estimate of drug-likeness (QED) is 0.792. The van der Waals surface area contributed by atoms with Gasteiger partial charge in [-0.05, 0) is 32.1 Å². The maximum atomic E-state index is 12.2. The molecular formula is C14H27N3O. The Bertz CT molecular complexity index is 289.